The molecule has 38 heavy (non-hydrogen) atoms. The van der Waals surface area contributed by atoms with E-state index in [-0.39, 0.29) is 27.5 Å². The Morgan fingerprint density at radius 3 is 2.66 bits per heavy atom. The number of fused-ring (bicyclic) bond motifs is 2. The van der Waals surface area contributed by atoms with Crippen LogP contribution in [0.5, 0.6) is 11.5 Å². The molecule has 0 aliphatic carbocycles. The van der Waals surface area contributed by atoms with Gasteiger partial charge in [-0.1, -0.05) is 29.5 Å². The molecule has 1 fully saturated rings. The number of carbonyl (C=O) groups is 2. The lowest BCUT2D eigenvalue weighted by molar-refractivity contribution is -0.384. The number of non-ortho nitro benzene ring substituents is 1. The van der Waals surface area contributed by atoms with Crippen molar-refractivity contribution in [3.05, 3.63) is 93.0 Å². The number of nitrogens with zero attached hydrogens (tertiary/aromatic N) is 3. The van der Waals surface area contributed by atoms with E-state index in [1.54, 1.807) is 18.2 Å². The third kappa shape index (κ3) is 3.84. The molecule has 190 valence electrons. The third-order valence-corrected chi connectivity index (χ3v) is 7.41. The fraction of sp³-hybridized carbons (Fsp3) is 0.148. The van der Waals surface area contributed by atoms with E-state index in [4.69, 9.17) is 9.47 Å². The van der Waals surface area contributed by atoms with Crippen LogP contribution in [0.4, 0.5) is 10.8 Å². The van der Waals surface area contributed by atoms with Gasteiger partial charge in [0.15, 0.2) is 16.6 Å². The van der Waals surface area contributed by atoms with Crippen LogP contribution in [0.15, 0.2) is 66.2 Å². The predicted octanol–water partition coefficient (Wildman–Crippen LogP) is 4.91. The Hall–Kier alpha value is -4.77. The first-order valence-electron chi connectivity index (χ1n) is 11.6. The van der Waals surface area contributed by atoms with Crippen molar-refractivity contribution < 1.29 is 29.1 Å². The Balaban J connectivity index is 1.56. The smallest absolute Gasteiger partial charge is 0.301 e. The first-order valence-corrected chi connectivity index (χ1v) is 12.5. The number of carbonyl (C=O) groups excluding carboxylic acids is 2. The summed E-state index contributed by atoms with van der Waals surface area (Å²) >= 11 is 1.22. The summed E-state index contributed by atoms with van der Waals surface area (Å²) in [6.07, 6.45) is 0. The van der Waals surface area contributed by atoms with Crippen LogP contribution in [0, 0.1) is 17.0 Å². The molecule has 0 bridgehead atoms. The molecule has 6 rings (SSSR count). The molecule has 2 aliphatic heterocycles. The van der Waals surface area contributed by atoms with Crippen molar-refractivity contribution in [1.82, 2.24) is 4.98 Å². The first kappa shape index (κ1) is 23.6. The standard InChI is InChI=1S/C27H19N3O7S/c1-14-5-7-18-21(11-14)38-27(28-18)29-23(15-3-2-4-17(12-15)30(34)35)22(25(32)26(29)33)24(31)16-6-8-19-20(13-16)37-10-9-36-19/h2-8,11-13,23,31H,9-10H2,1H3/b24-22+/t23-/m0/s1. The number of thiazole rings is 1. The number of ether oxygens (including phenoxy) is 2. The first-order chi connectivity index (χ1) is 18.3. The summed E-state index contributed by atoms with van der Waals surface area (Å²) in [6.45, 7) is 2.64. The van der Waals surface area contributed by atoms with Crippen LogP contribution in [0.1, 0.15) is 22.7 Å². The molecule has 1 aromatic heterocycles. The van der Waals surface area contributed by atoms with E-state index in [0.717, 1.165) is 10.3 Å². The summed E-state index contributed by atoms with van der Waals surface area (Å²) in [4.78, 5) is 43.6. The Morgan fingerprint density at radius 2 is 1.87 bits per heavy atom. The molecule has 3 aromatic carbocycles. The van der Waals surface area contributed by atoms with Gasteiger partial charge < -0.3 is 14.6 Å². The van der Waals surface area contributed by atoms with E-state index in [9.17, 15) is 24.8 Å². The Bertz CT molecular complexity index is 1690. The van der Waals surface area contributed by atoms with E-state index >= 15 is 0 Å². The molecule has 3 heterocycles. The molecule has 1 atom stereocenters. The zero-order valence-corrected chi connectivity index (χ0v) is 20.7. The largest absolute Gasteiger partial charge is 0.507 e. The fourth-order valence-corrected chi connectivity index (χ4v) is 5.71. The second kappa shape index (κ2) is 8.96. The monoisotopic (exact) mass is 529 g/mol. The molecule has 2 aliphatic rings. The van der Waals surface area contributed by atoms with Crippen molar-refractivity contribution >= 4 is 49.8 Å². The molecule has 11 heteroatoms. The number of aliphatic hydroxyl groups is 1. The summed E-state index contributed by atoms with van der Waals surface area (Å²) in [5.41, 5.74) is 1.75. The molecule has 0 saturated carbocycles. The SMILES string of the molecule is Cc1ccc2nc(N3C(=O)C(=O)/C(=C(/O)c4ccc5c(c4)OCCO5)[C@@H]3c3cccc([N+](=O)[O-])c3)sc2c1. The molecule has 1 amide bonds. The van der Waals surface area contributed by atoms with Crippen LogP contribution in [-0.4, -0.2) is 39.9 Å². The van der Waals surface area contributed by atoms with Gasteiger partial charge >= 0.3 is 5.91 Å². The average Bonchev–Trinajstić information content (AvgIpc) is 3.45. The number of nitro benzene ring substituents is 1. The van der Waals surface area contributed by atoms with E-state index in [0.29, 0.717) is 30.2 Å². The second-order valence-electron chi connectivity index (χ2n) is 8.85. The van der Waals surface area contributed by atoms with Gasteiger partial charge in [-0.15, -0.1) is 0 Å². The van der Waals surface area contributed by atoms with Crippen molar-refractivity contribution in [3.8, 4) is 11.5 Å². The van der Waals surface area contributed by atoms with Gasteiger partial charge in [0.2, 0.25) is 0 Å². The summed E-state index contributed by atoms with van der Waals surface area (Å²) < 4.78 is 12.0. The van der Waals surface area contributed by atoms with Crippen LogP contribution < -0.4 is 14.4 Å². The van der Waals surface area contributed by atoms with E-state index in [2.05, 4.69) is 4.98 Å². The van der Waals surface area contributed by atoms with Crippen LogP contribution in [-0.2, 0) is 9.59 Å². The highest BCUT2D eigenvalue weighted by Crippen LogP contribution is 2.45. The maximum absolute atomic E-state index is 13.5. The van der Waals surface area contributed by atoms with Gasteiger partial charge in [0.05, 0.1) is 26.8 Å². The van der Waals surface area contributed by atoms with Crippen molar-refractivity contribution in [2.75, 3.05) is 18.1 Å². The molecule has 0 spiro atoms. The summed E-state index contributed by atoms with van der Waals surface area (Å²) in [5.74, 6) is -1.37. The Labute approximate surface area is 219 Å². The van der Waals surface area contributed by atoms with Gasteiger partial charge in [-0.25, -0.2) is 4.98 Å². The lowest BCUT2D eigenvalue weighted by Gasteiger charge is -2.23. The number of nitro groups is 1. The molecule has 10 nitrogen and oxygen atoms in total. The number of Topliss-reactive ketones (excluding diaryl/α,β-unsaturated/α-hetero) is 1. The molecule has 1 saturated heterocycles. The van der Waals surface area contributed by atoms with E-state index < -0.39 is 28.4 Å². The number of hydrogen-bond donors (Lipinski definition) is 1. The van der Waals surface area contributed by atoms with Crippen molar-refractivity contribution in [2.45, 2.75) is 13.0 Å². The minimum Gasteiger partial charge on any atom is -0.507 e. The van der Waals surface area contributed by atoms with Gasteiger partial charge in [-0.2, -0.15) is 0 Å². The number of aliphatic hydroxyl groups excluding tert-OH is 1. The number of benzene rings is 3. The highest BCUT2D eigenvalue weighted by Gasteiger charge is 2.48. The van der Waals surface area contributed by atoms with Gasteiger partial charge in [0.25, 0.3) is 11.5 Å². The lowest BCUT2D eigenvalue weighted by Crippen LogP contribution is -2.29. The van der Waals surface area contributed by atoms with Gasteiger partial charge in [0, 0.05) is 17.7 Å². The number of ketones is 1. The molecule has 0 unspecified atom stereocenters. The quantitative estimate of drug-likeness (QED) is 0.130. The summed E-state index contributed by atoms with van der Waals surface area (Å²) in [5, 5.41) is 23.2. The number of aromatic nitrogens is 1. The lowest BCUT2D eigenvalue weighted by atomic mass is 9.95. The van der Waals surface area contributed by atoms with E-state index in [1.165, 1.54) is 40.5 Å². The normalized spacial score (nSPS) is 18.2. The zero-order valence-electron chi connectivity index (χ0n) is 19.9. The summed E-state index contributed by atoms with van der Waals surface area (Å²) in [6, 6.07) is 14.8. The fourth-order valence-electron chi connectivity index (χ4n) is 4.62. The highest BCUT2D eigenvalue weighted by atomic mass is 32.1. The van der Waals surface area contributed by atoms with Crippen LogP contribution in [0.25, 0.3) is 16.0 Å². The second-order valence-corrected chi connectivity index (χ2v) is 9.86. The highest BCUT2D eigenvalue weighted by molar-refractivity contribution is 7.22. The van der Waals surface area contributed by atoms with Crippen molar-refractivity contribution in [1.29, 1.82) is 0 Å². The maximum Gasteiger partial charge on any atom is 0.301 e. The predicted molar refractivity (Wildman–Crippen MR) is 140 cm³/mol. The minimum absolute atomic E-state index is 0.206. The summed E-state index contributed by atoms with van der Waals surface area (Å²) in [7, 11) is 0. The topological polar surface area (TPSA) is 132 Å². The number of hydrogen-bond acceptors (Lipinski definition) is 9. The van der Waals surface area contributed by atoms with Crippen molar-refractivity contribution in [2.24, 2.45) is 0 Å². The molecular weight excluding hydrogens is 510 g/mol. The molecular formula is C27H19N3O7S. The number of amides is 1. The molecule has 1 N–H and O–H groups in total. The minimum atomic E-state index is -1.15. The van der Waals surface area contributed by atoms with E-state index in [1.807, 2.05) is 25.1 Å². The molecule has 4 aromatic rings. The van der Waals surface area contributed by atoms with Gasteiger partial charge in [-0.05, 0) is 48.4 Å². The Morgan fingerprint density at radius 1 is 1.08 bits per heavy atom. The van der Waals surface area contributed by atoms with Crippen LogP contribution in [0.2, 0.25) is 0 Å². The third-order valence-electron chi connectivity index (χ3n) is 6.40. The zero-order chi connectivity index (χ0) is 26.6. The van der Waals surface area contributed by atoms with Gasteiger partial charge in [0.1, 0.15) is 19.0 Å². The number of aryl methyl sites for hydroxylation is 1. The number of rotatable bonds is 4. The molecule has 0 radical (unpaired) electrons. The van der Waals surface area contributed by atoms with Gasteiger partial charge in [-0.3, -0.25) is 24.6 Å². The van der Waals surface area contributed by atoms with Crippen LogP contribution in [0.3, 0.4) is 0 Å². The number of anilines is 1. The average molecular weight is 530 g/mol. The van der Waals surface area contributed by atoms with Crippen molar-refractivity contribution in [3.63, 3.8) is 0 Å². The Kier molecular flexibility index (Phi) is 5.57. The maximum atomic E-state index is 13.5. The van der Waals surface area contributed by atoms with Crippen LogP contribution >= 0.6 is 11.3 Å².